The van der Waals surface area contributed by atoms with Crippen molar-refractivity contribution in [3.63, 3.8) is 0 Å². The molecule has 0 radical (unpaired) electrons. The predicted molar refractivity (Wildman–Crippen MR) is 75.8 cm³/mol. The molecule has 2 atom stereocenters. The third-order valence-corrected chi connectivity index (χ3v) is 3.93. The lowest BCUT2D eigenvalue weighted by molar-refractivity contribution is 0.0696. The van der Waals surface area contributed by atoms with Crippen LogP contribution in [0.1, 0.15) is 56.1 Å². The maximum absolute atomic E-state index is 11.2. The van der Waals surface area contributed by atoms with Crippen LogP contribution in [-0.2, 0) is 6.42 Å². The summed E-state index contributed by atoms with van der Waals surface area (Å²) in [5, 5.41) is 9.21. The molecule has 1 fully saturated rings. The Morgan fingerprint density at radius 2 is 2.00 bits per heavy atom. The van der Waals surface area contributed by atoms with E-state index >= 15 is 0 Å². The van der Waals surface area contributed by atoms with Crippen LogP contribution in [0, 0.1) is 0 Å². The van der Waals surface area contributed by atoms with Gasteiger partial charge >= 0.3 is 5.97 Å². The number of aryl methyl sites for hydroxylation is 1. The van der Waals surface area contributed by atoms with E-state index in [0.717, 1.165) is 30.8 Å². The van der Waals surface area contributed by atoms with Gasteiger partial charge in [0.25, 0.3) is 0 Å². The predicted octanol–water partition coefficient (Wildman–Crippen LogP) is 3.11. The van der Waals surface area contributed by atoms with Crippen molar-refractivity contribution in [1.82, 2.24) is 4.98 Å². The highest BCUT2D eigenvalue weighted by atomic mass is 16.4. The van der Waals surface area contributed by atoms with E-state index < -0.39 is 5.97 Å². The molecule has 4 heteroatoms. The summed E-state index contributed by atoms with van der Waals surface area (Å²) in [7, 11) is 0. The van der Waals surface area contributed by atoms with Gasteiger partial charge in [-0.3, -0.25) is 0 Å². The summed E-state index contributed by atoms with van der Waals surface area (Å²) < 4.78 is 0. The number of aromatic nitrogens is 1. The summed E-state index contributed by atoms with van der Waals surface area (Å²) in [6, 6.07) is 4.22. The molecular formula is C15H22N2O2. The van der Waals surface area contributed by atoms with Crippen LogP contribution in [-0.4, -0.2) is 28.1 Å². The zero-order valence-electron chi connectivity index (χ0n) is 11.9. The smallest absolute Gasteiger partial charge is 0.335 e. The van der Waals surface area contributed by atoms with Gasteiger partial charge in [-0.1, -0.05) is 6.92 Å². The summed E-state index contributed by atoms with van der Waals surface area (Å²) >= 11 is 0. The summed E-state index contributed by atoms with van der Waals surface area (Å²) in [4.78, 5) is 18.1. The van der Waals surface area contributed by atoms with Crippen molar-refractivity contribution in [3.05, 3.63) is 23.4 Å². The molecule has 4 nitrogen and oxygen atoms in total. The molecule has 1 N–H and O–H groups in total. The van der Waals surface area contributed by atoms with Gasteiger partial charge in [0.05, 0.1) is 5.56 Å². The fraction of sp³-hybridized carbons (Fsp3) is 0.600. The van der Waals surface area contributed by atoms with Crippen LogP contribution in [0.25, 0.3) is 0 Å². The highest BCUT2D eigenvalue weighted by molar-refractivity contribution is 5.88. The number of rotatable bonds is 3. The first kappa shape index (κ1) is 13.8. The van der Waals surface area contributed by atoms with Gasteiger partial charge in [0, 0.05) is 17.8 Å². The number of pyridine rings is 1. The maximum atomic E-state index is 11.2. The van der Waals surface area contributed by atoms with Crippen molar-refractivity contribution < 1.29 is 9.90 Å². The number of anilines is 1. The van der Waals surface area contributed by atoms with Crippen LogP contribution in [0.4, 0.5) is 5.82 Å². The van der Waals surface area contributed by atoms with Gasteiger partial charge < -0.3 is 10.0 Å². The molecule has 0 unspecified atom stereocenters. The van der Waals surface area contributed by atoms with E-state index in [0.29, 0.717) is 17.6 Å². The van der Waals surface area contributed by atoms with Crippen LogP contribution in [0.15, 0.2) is 12.1 Å². The third kappa shape index (κ3) is 2.88. The number of hydrogen-bond acceptors (Lipinski definition) is 3. The minimum Gasteiger partial charge on any atom is -0.478 e. The second kappa shape index (κ2) is 5.59. The molecule has 2 heterocycles. The number of nitrogens with zero attached hydrogens (tertiary/aromatic N) is 2. The summed E-state index contributed by atoms with van der Waals surface area (Å²) in [5.41, 5.74) is 1.19. The molecule has 1 aromatic heterocycles. The van der Waals surface area contributed by atoms with E-state index in [-0.39, 0.29) is 0 Å². The van der Waals surface area contributed by atoms with Gasteiger partial charge in [-0.2, -0.15) is 0 Å². The molecule has 0 bridgehead atoms. The number of hydrogen-bond donors (Lipinski definition) is 1. The molecular weight excluding hydrogens is 240 g/mol. The normalized spacial score (nSPS) is 23.4. The van der Waals surface area contributed by atoms with Crippen molar-refractivity contribution in [1.29, 1.82) is 0 Å². The largest absolute Gasteiger partial charge is 0.478 e. The van der Waals surface area contributed by atoms with Gasteiger partial charge in [-0.05, 0) is 51.7 Å². The summed E-state index contributed by atoms with van der Waals surface area (Å²) in [6.45, 7) is 6.38. The Balaban J connectivity index is 2.42. The molecule has 0 aliphatic carbocycles. The van der Waals surface area contributed by atoms with Crippen LogP contribution >= 0.6 is 0 Å². The lowest BCUT2D eigenvalue weighted by Gasteiger charge is -2.40. The van der Waals surface area contributed by atoms with Gasteiger partial charge in [-0.15, -0.1) is 0 Å². The van der Waals surface area contributed by atoms with E-state index in [1.807, 2.05) is 6.92 Å². The van der Waals surface area contributed by atoms with E-state index in [1.165, 1.54) is 6.42 Å². The minimum atomic E-state index is -0.879. The van der Waals surface area contributed by atoms with Crippen molar-refractivity contribution in [2.75, 3.05) is 4.90 Å². The van der Waals surface area contributed by atoms with E-state index in [2.05, 4.69) is 23.7 Å². The SMILES string of the molecule is CCc1cc(C(=O)O)cc(N2[C@H](C)CCC[C@@H]2C)n1. The Bertz CT molecular complexity index is 463. The quantitative estimate of drug-likeness (QED) is 0.909. The fourth-order valence-electron chi connectivity index (χ4n) is 2.88. The zero-order chi connectivity index (χ0) is 14.0. The van der Waals surface area contributed by atoms with E-state index in [1.54, 1.807) is 12.1 Å². The lowest BCUT2D eigenvalue weighted by Crippen LogP contribution is -2.44. The molecule has 2 rings (SSSR count). The number of aromatic carboxylic acids is 1. The molecule has 104 valence electrons. The number of carboxylic acid groups (broad SMARTS) is 1. The fourth-order valence-corrected chi connectivity index (χ4v) is 2.88. The topological polar surface area (TPSA) is 53.4 Å². The van der Waals surface area contributed by atoms with Gasteiger partial charge in [0.2, 0.25) is 0 Å². The van der Waals surface area contributed by atoms with Gasteiger partial charge in [0.15, 0.2) is 0 Å². The highest BCUT2D eigenvalue weighted by Gasteiger charge is 2.26. The Hall–Kier alpha value is -1.58. The van der Waals surface area contributed by atoms with Crippen molar-refractivity contribution in [2.45, 2.75) is 58.5 Å². The molecule has 0 spiro atoms. The summed E-state index contributed by atoms with van der Waals surface area (Å²) in [5.74, 6) is -0.0629. The average Bonchev–Trinajstić information content (AvgIpc) is 2.38. The first-order valence-electron chi connectivity index (χ1n) is 7.05. The van der Waals surface area contributed by atoms with E-state index in [9.17, 15) is 9.90 Å². The van der Waals surface area contributed by atoms with Crippen LogP contribution in [0.2, 0.25) is 0 Å². The monoisotopic (exact) mass is 262 g/mol. The molecule has 1 saturated heterocycles. The molecule has 1 aliphatic heterocycles. The number of carboxylic acids is 1. The molecule has 0 aromatic carbocycles. The first-order chi connectivity index (χ1) is 9.02. The maximum Gasteiger partial charge on any atom is 0.335 e. The van der Waals surface area contributed by atoms with Gasteiger partial charge in [0.1, 0.15) is 5.82 Å². The molecule has 19 heavy (non-hydrogen) atoms. The Labute approximate surface area is 114 Å². The summed E-state index contributed by atoms with van der Waals surface area (Å²) in [6.07, 6.45) is 4.28. The Morgan fingerprint density at radius 1 is 1.37 bits per heavy atom. The van der Waals surface area contributed by atoms with Crippen LogP contribution < -0.4 is 4.90 Å². The highest BCUT2D eigenvalue weighted by Crippen LogP contribution is 2.28. The van der Waals surface area contributed by atoms with Crippen molar-refractivity contribution in [3.8, 4) is 0 Å². The van der Waals surface area contributed by atoms with Crippen LogP contribution in [0.5, 0.6) is 0 Å². The van der Waals surface area contributed by atoms with Crippen LogP contribution in [0.3, 0.4) is 0 Å². The molecule has 1 aromatic rings. The standard InChI is InChI=1S/C15H22N2O2/c1-4-13-8-12(15(18)19)9-14(16-13)17-10(2)6-5-7-11(17)3/h8-11H,4-7H2,1-3H3,(H,18,19)/t10-,11+. The number of carbonyl (C=O) groups is 1. The van der Waals surface area contributed by atoms with Gasteiger partial charge in [-0.25, -0.2) is 9.78 Å². The van der Waals surface area contributed by atoms with Crippen molar-refractivity contribution in [2.24, 2.45) is 0 Å². The average molecular weight is 262 g/mol. The van der Waals surface area contributed by atoms with Crippen molar-refractivity contribution >= 4 is 11.8 Å². The number of piperidine rings is 1. The molecule has 0 saturated carbocycles. The molecule has 1 aliphatic rings. The third-order valence-electron chi connectivity index (χ3n) is 3.93. The van der Waals surface area contributed by atoms with E-state index in [4.69, 9.17) is 0 Å². The zero-order valence-corrected chi connectivity index (χ0v) is 11.9. The minimum absolute atomic E-state index is 0.340. The first-order valence-corrected chi connectivity index (χ1v) is 7.05. The lowest BCUT2D eigenvalue weighted by atomic mass is 9.97. The second-order valence-electron chi connectivity index (χ2n) is 5.40. The Kier molecular flexibility index (Phi) is 4.08. The second-order valence-corrected chi connectivity index (χ2v) is 5.40. The molecule has 0 amide bonds. The Morgan fingerprint density at radius 3 is 2.53 bits per heavy atom.